The second-order valence-electron chi connectivity index (χ2n) is 3.22. The first-order valence-corrected chi connectivity index (χ1v) is 4.81. The number of rotatable bonds is 3. The van der Waals surface area contributed by atoms with Gasteiger partial charge in [-0.2, -0.15) is 0 Å². The van der Waals surface area contributed by atoms with Crippen molar-refractivity contribution in [1.29, 1.82) is 0 Å². The van der Waals surface area contributed by atoms with Gasteiger partial charge in [-0.1, -0.05) is 17.7 Å². The van der Waals surface area contributed by atoms with Crippen molar-refractivity contribution in [3.05, 3.63) is 28.3 Å². The first-order valence-electron chi connectivity index (χ1n) is 4.44. The van der Waals surface area contributed by atoms with Gasteiger partial charge in [0.25, 0.3) is 0 Å². The number of halogens is 1. The number of aryl methyl sites for hydroxylation is 1. The zero-order valence-electron chi connectivity index (χ0n) is 8.00. The van der Waals surface area contributed by atoms with Crippen LogP contribution in [0.25, 0.3) is 0 Å². The number of phenolic OH excluding ortho intramolecular Hbond substituents is 1. The molecular formula is C10H14ClNO2. The summed E-state index contributed by atoms with van der Waals surface area (Å²) >= 11 is 5.74. The lowest BCUT2D eigenvalue weighted by Crippen LogP contribution is -2.08. The molecule has 0 amide bonds. The molecule has 0 heterocycles. The molecule has 0 saturated carbocycles. The van der Waals surface area contributed by atoms with E-state index in [0.717, 1.165) is 5.56 Å². The average molecular weight is 216 g/mol. The molecule has 1 aromatic rings. The van der Waals surface area contributed by atoms with E-state index in [0.29, 0.717) is 18.5 Å². The topological polar surface area (TPSA) is 66.5 Å². The summed E-state index contributed by atoms with van der Waals surface area (Å²) < 4.78 is 0. The van der Waals surface area contributed by atoms with Crippen LogP contribution in [0.5, 0.6) is 5.75 Å². The molecular weight excluding hydrogens is 202 g/mol. The SMILES string of the molecule is Cc1ccc(Cl)c(O)c1C(O)CCN. The molecule has 0 spiro atoms. The van der Waals surface area contributed by atoms with Crippen LogP contribution >= 0.6 is 11.6 Å². The zero-order valence-corrected chi connectivity index (χ0v) is 8.75. The van der Waals surface area contributed by atoms with Gasteiger partial charge in [0.2, 0.25) is 0 Å². The maximum Gasteiger partial charge on any atom is 0.140 e. The smallest absolute Gasteiger partial charge is 0.140 e. The van der Waals surface area contributed by atoms with Gasteiger partial charge in [0, 0.05) is 5.56 Å². The lowest BCUT2D eigenvalue weighted by Gasteiger charge is -2.15. The Morgan fingerprint density at radius 1 is 1.50 bits per heavy atom. The van der Waals surface area contributed by atoms with Gasteiger partial charge < -0.3 is 15.9 Å². The first-order chi connectivity index (χ1) is 6.57. The minimum Gasteiger partial charge on any atom is -0.506 e. The molecule has 1 rings (SSSR count). The molecule has 1 aromatic carbocycles. The molecule has 0 radical (unpaired) electrons. The highest BCUT2D eigenvalue weighted by Crippen LogP contribution is 2.35. The number of hydrogen-bond acceptors (Lipinski definition) is 3. The molecule has 0 aliphatic heterocycles. The Balaban J connectivity index is 3.11. The second kappa shape index (κ2) is 4.64. The third-order valence-corrected chi connectivity index (χ3v) is 2.46. The Hall–Kier alpha value is -0.770. The van der Waals surface area contributed by atoms with Crippen molar-refractivity contribution in [2.24, 2.45) is 5.73 Å². The minimum absolute atomic E-state index is 0.0485. The fourth-order valence-corrected chi connectivity index (χ4v) is 1.57. The normalized spacial score (nSPS) is 12.9. The molecule has 0 aromatic heterocycles. The highest BCUT2D eigenvalue weighted by molar-refractivity contribution is 6.32. The van der Waals surface area contributed by atoms with Crippen LogP contribution in [0.4, 0.5) is 0 Å². The summed E-state index contributed by atoms with van der Waals surface area (Å²) in [7, 11) is 0. The van der Waals surface area contributed by atoms with Crippen LogP contribution in [0.3, 0.4) is 0 Å². The predicted molar refractivity (Wildman–Crippen MR) is 56.5 cm³/mol. The van der Waals surface area contributed by atoms with Gasteiger partial charge in [0.1, 0.15) is 5.75 Å². The van der Waals surface area contributed by atoms with E-state index in [9.17, 15) is 10.2 Å². The maximum atomic E-state index is 9.71. The van der Waals surface area contributed by atoms with E-state index in [1.807, 2.05) is 6.92 Å². The summed E-state index contributed by atoms with van der Waals surface area (Å²) in [5.41, 5.74) is 6.62. The Bertz CT molecular complexity index is 328. The monoisotopic (exact) mass is 215 g/mol. The fraction of sp³-hybridized carbons (Fsp3) is 0.400. The van der Waals surface area contributed by atoms with Gasteiger partial charge in [0.15, 0.2) is 0 Å². The number of aromatic hydroxyl groups is 1. The van der Waals surface area contributed by atoms with Gasteiger partial charge >= 0.3 is 0 Å². The van der Waals surface area contributed by atoms with Crippen molar-refractivity contribution >= 4 is 11.6 Å². The largest absolute Gasteiger partial charge is 0.506 e. The Morgan fingerprint density at radius 3 is 2.71 bits per heavy atom. The van der Waals surface area contributed by atoms with Crippen LogP contribution < -0.4 is 5.73 Å². The molecule has 3 nitrogen and oxygen atoms in total. The van der Waals surface area contributed by atoms with Crippen LogP contribution in [0.1, 0.15) is 23.7 Å². The van der Waals surface area contributed by atoms with Gasteiger partial charge in [-0.25, -0.2) is 0 Å². The number of benzene rings is 1. The number of aliphatic hydroxyl groups excluding tert-OH is 1. The third-order valence-electron chi connectivity index (χ3n) is 2.16. The van der Waals surface area contributed by atoms with E-state index < -0.39 is 6.10 Å². The lowest BCUT2D eigenvalue weighted by atomic mass is 10.00. The molecule has 0 aliphatic rings. The standard InChI is InChI=1S/C10H14ClNO2/c1-6-2-3-7(11)10(14)9(6)8(13)4-5-12/h2-3,8,13-14H,4-5,12H2,1H3. The van der Waals surface area contributed by atoms with Crippen molar-refractivity contribution in [3.8, 4) is 5.75 Å². The number of aliphatic hydroxyl groups is 1. The van der Waals surface area contributed by atoms with E-state index in [4.69, 9.17) is 17.3 Å². The maximum absolute atomic E-state index is 9.71. The summed E-state index contributed by atoms with van der Waals surface area (Å²) in [4.78, 5) is 0. The summed E-state index contributed by atoms with van der Waals surface area (Å²) in [5, 5.41) is 19.6. The molecule has 4 N–H and O–H groups in total. The molecule has 14 heavy (non-hydrogen) atoms. The third kappa shape index (κ3) is 2.18. The quantitative estimate of drug-likeness (QED) is 0.720. The van der Waals surface area contributed by atoms with Crippen LogP contribution in [-0.2, 0) is 0 Å². The molecule has 0 fully saturated rings. The molecule has 0 saturated heterocycles. The van der Waals surface area contributed by atoms with E-state index in [1.165, 1.54) is 0 Å². The number of hydrogen-bond donors (Lipinski definition) is 3. The molecule has 1 atom stereocenters. The van der Waals surface area contributed by atoms with Crippen LogP contribution in [0.15, 0.2) is 12.1 Å². The zero-order chi connectivity index (χ0) is 10.7. The van der Waals surface area contributed by atoms with Gasteiger partial charge in [-0.05, 0) is 31.5 Å². The molecule has 4 heteroatoms. The fourth-order valence-electron chi connectivity index (χ4n) is 1.41. The summed E-state index contributed by atoms with van der Waals surface area (Å²) in [6, 6.07) is 3.36. The van der Waals surface area contributed by atoms with Crippen molar-refractivity contribution in [1.82, 2.24) is 0 Å². The van der Waals surface area contributed by atoms with Crippen LogP contribution in [0.2, 0.25) is 5.02 Å². The van der Waals surface area contributed by atoms with Gasteiger partial charge in [-0.15, -0.1) is 0 Å². The second-order valence-corrected chi connectivity index (χ2v) is 3.63. The van der Waals surface area contributed by atoms with Gasteiger partial charge in [0.05, 0.1) is 11.1 Å². The summed E-state index contributed by atoms with van der Waals surface area (Å²) in [6.07, 6.45) is -0.340. The molecule has 0 bridgehead atoms. The average Bonchev–Trinajstić information content (AvgIpc) is 2.13. The lowest BCUT2D eigenvalue weighted by molar-refractivity contribution is 0.166. The van der Waals surface area contributed by atoms with E-state index in [-0.39, 0.29) is 10.8 Å². The van der Waals surface area contributed by atoms with Crippen LogP contribution in [0, 0.1) is 6.92 Å². The van der Waals surface area contributed by atoms with Crippen LogP contribution in [-0.4, -0.2) is 16.8 Å². The van der Waals surface area contributed by atoms with E-state index >= 15 is 0 Å². The molecule has 78 valence electrons. The van der Waals surface area contributed by atoms with E-state index in [2.05, 4.69) is 0 Å². The minimum atomic E-state index is -0.751. The van der Waals surface area contributed by atoms with Crippen molar-refractivity contribution in [2.45, 2.75) is 19.4 Å². The predicted octanol–water partition coefficient (Wildman–Crippen LogP) is 1.74. The molecule has 1 unspecified atom stereocenters. The van der Waals surface area contributed by atoms with Crippen molar-refractivity contribution in [3.63, 3.8) is 0 Å². The van der Waals surface area contributed by atoms with E-state index in [1.54, 1.807) is 12.1 Å². The summed E-state index contributed by atoms with van der Waals surface area (Å²) in [6.45, 7) is 2.18. The molecule has 0 aliphatic carbocycles. The Kier molecular flexibility index (Phi) is 3.75. The number of phenols is 1. The Morgan fingerprint density at radius 2 is 2.14 bits per heavy atom. The van der Waals surface area contributed by atoms with Gasteiger partial charge in [-0.3, -0.25) is 0 Å². The van der Waals surface area contributed by atoms with Crippen molar-refractivity contribution in [2.75, 3.05) is 6.54 Å². The van der Waals surface area contributed by atoms with Crippen molar-refractivity contribution < 1.29 is 10.2 Å². The Labute approximate surface area is 88.1 Å². The first kappa shape index (κ1) is 11.3. The highest BCUT2D eigenvalue weighted by Gasteiger charge is 2.16. The summed E-state index contributed by atoms with van der Waals surface area (Å²) in [5.74, 6) is -0.0485. The highest BCUT2D eigenvalue weighted by atomic mass is 35.5. The number of nitrogens with two attached hydrogens (primary N) is 1.